The van der Waals surface area contributed by atoms with Crippen LogP contribution in [0.1, 0.15) is 29.8 Å². The lowest BCUT2D eigenvalue weighted by atomic mass is 10.1. The third kappa shape index (κ3) is 3.14. The summed E-state index contributed by atoms with van der Waals surface area (Å²) >= 11 is 0. The van der Waals surface area contributed by atoms with Gasteiger partial charge in [0.15, 0.2) is 0 Å². The first-order valence-electron chi connectivity index (χ1n) is 6.06. The van der Waals surface area contributed by atoms with E-state index in [1.165, 1.54) is 6.07 Å². The zero-order chi connectivity index (χ0) is 13.0. The average Bonchev–Trinajstić information content (AvgIpc) is 2.41. The SMILES string of the molecule is Cc1cc(CNC(C)c2ccccn2)ccc1F. The van der Waals surface area contributed by atoms with Crippen molar-refractivity contribution in [3.05, 3.63) is 65.2 Å². The van der Waals surface area contributed by atoms with Crippen LogP contribution in [-0.2, 0) is 6.54 Å². The number of benzene rings is 1. The van der Waals surface area contributed by atoms with Crippen molar-refractivity contribution < 1.29 is 4.39 Å². The average molecular weight is 244 g/mol. The number of hydrogen-bond acceptors (Lipinski definition) is 2. The number of hydrogen-bond donors (Lipinski definition) is 1. The van der Waals surface area contributed by atoms with E-state index in [9.17, 15) is 4.39 Å². The Bertz CT molecular complexity index is 511. The van der Waals surface area contributed by atoms with E-state index in [1.54, 1.807) is 19.2 Å². The third-order valence-electron chi connectivity index (χ3n) is 2.97. The van der Waals surface area contributed by atoms with E-state index in [4.69, 9.17) is 0 Å². The molecule has 1 unspecified atom stereocenters. The highest BCUT2D eigenvalue weighted by molar-refractivity contribution is 5.24. The zero-order valence-corrected chi connectivity index (χ0v) is 10.7. The molecule has 0 spiro atoms. The monoisotopic (exact) mass is 244 g/mol. The summed E-state index contributed by atoms with van der Waals surface area (Å²) in [5.74, 6) is -0.156. The van der Waals surface area contributed by atoms with E-state index in [2.05, 4.69) is 17.2 Å². The van der Waals surface area contributed by atoms with Gasteiger partial charge in [0, 0.05) is 18.8 Å². The van der Waals surface area contributed by atoms with Gasteiger partial charge in [0.05, 0.1) is 5.69 Å². The van der Waals surface area contributed by atoms with Crippen LogP contribution in [0.4, 0.5) is 4.39 Å². The number of nitrogens with one attached hydrogen (secondary N) is 1. The molecule has 0 aliphatic heterocycles. The normalized spacial score (nSPS) is 12.4. The third-order valence-corrected chi connectivity index (χ3v) is 2.97. The van der Waals surface area contributed by atoms with Crippen LogP contribution >= 0.6 is 0 Å². The Morgan fingerprint density at radius 3 is 2.78 bits per heavy atom. The standard InChI is InChI=1S/C15H17FN2/c1-11-9-13(6-7-14(11)16)10-18-12(2)15-5-3-4-8-17-15/h3-9,12,18H,10H2,1-2H3. The lowest BCUT2D eigenvalue weighted by molar-refractivity contribution is 0.559. The maximum Gasteiger partial charge on any atom is 0.126 e. The van der Waals surface area contributed by atoms with Crippen molar-refractivity contribution in [3.63, 3.8) is 0 Å². The van der Waals surface area contributed by atoms with Gasteiger partial charge >= 0.3 is 0 Å². The van der Waals surface area contributed by atoms with Crippen molar-refractivity contribution in [3.8, 4) is 0 Å². The summed E-state index contributed by atoms with van der Waals surface area (Å²) in [5.41, 5.74) is 2.77. The number of pyridine rings is 1. The van der Waals surface area contributed by atoms with E-state index < -0.39 is 0 Å². The van der Waals surface area contributed by atoms with Crippen LogP contribution in [0.2, 0.25) is 0 Å². The summed E-state index contributed by atoms with van der Waals surface area (Å²) in [6.07, 6.45) is 1.79. The van der Waals surface area contributed by atoms with Crippen LogP contribution in [0.25, 0.3) is 0 Å². The summed E-state index contributed by atoms with van der Waals surface area (Å²) in [4.78, 5) is 4.30. The van der Waals surface area contributed by atoms with Gasteiger partial charge < -0.3 is 5.32 Å². The fourth-order valence-corrected chi connectivity index (χ4v) is 1.82. The van der Waals surface area contributed by atoms with Crippen LogP contribution in [-0.4, -0.2) is 4.98 Å². The van der Waals surface area contributed by atoms with Crippen LogP contribution in [0, 0.1) is 12.7 Å². The molecule has 0 amide bonds. The lowest BCUT2D eigenvalue weighted by Gasteiger charge is -2.13. The summed E-state index contributed by atoms with van der Waals surface area (Å²) in [6.45, 7) is 4.55. The molecule has 0 saturated carbocycles. The molecule has 2 aromatic rings. The molecule has 1 atom stereocenters. The Morgan fingerprint density at radius 2 is 2.11 bits per heavy atom. The van der Waals surface area contributed by atoms with E-state index in [-0.39, 0.29) is 11.9 Å². The Hall–Kier alpha value is -1.74. The van der Waals surface area contributed by atoms with E-state index in [0.717, 1.165) is 11.3 Å². The molecule has 0 bridgehead atoms. The zero-order valence-electron chi connectivity index (χ0n) is 10.7. The predicted octanol–water partition coefficient (Wildman–Crippen LogP) is 3.38. The summed E-state index contributed by atoms with van der Waals surface area (Å²) in [7, 11) is 0. The van der Waals surface area contributed by atoms with Crippen LogP contribution in [0.15, 0.2) is 42.6 Å². The minimum absolute atomic E-state index is 0.156. The molecule has 1 aromatic heterocycles. The highest BCUT2D eigenvalue weighted by Crippen LogP contribution is 2.12. The lowest BCUT2D eigenvalue weighted by Crippen LogP contribution is -2.19. The molecule has 0 fully saturated rings. The van der Waals surface area contributed by atoms with Gasteiger partial charge in [-0.15, -0.1) is 0 Å². The van der Waals surface area contributed by atoms with Gasteiger partial charge in [-0.2, -0.15) is 0 Å². The van der Waals surface area contributed by atoms with Crippen molar-refractivity contribution in [2.24, 2.45) is 0 Å². The second-order valence-corrected chi connectivity index (χ2v) is 4.44. The molecule has 0 radical (unpaired) electrons. The van der Waals surface area contributed by atoms with E-state index in [1.807, 2.05) is 24.3 Å². The van der Waals surface area contributed by atoms with Crippen molar-refractivity contribution in [2.75, 3.05) is 0 Å². The molecular weight excluding hydrogens is 227 g/mol. The Morgan fingerprint density at radius 1 is 1.28 bits per heavy atom. The molecule has 0 aliphatic carbocycles. The van der Waals surface area contributed by atoms with Crippen LogP contribution < -0.4 is 5.32 Å². The minimum atomic E-state index is -0.156. The Kier molecular flexibility index (Phi) is 4.05. The molecule has 0 aliphatic rings. The first kappa shape index (κ1) is 12.7. The van der Waals surface area contributed by atoms with Crippen molar-refractivity contribution in [1.29, 1.82) is 0 Å². The van der Waals surface area contributed by atoms with E-state index in [0.29, 0.717) is 12.1 Å². The van der Waals surface area contributed by atoms with Gasteiger partial charge in [0.25, 0.3) is 0 Å². The summed E-state index contributed by atoms with van der Waals surface area (Å²) < 4.78 is 13.1. The van der Waals surface area contributed by atoms with Gasteiger partial charge in [-0.1, -0.05) is 18.2 Å². The highest BCUT2D eigenvalue weighted by Gasteiger charge is 2.06. The van der Waals surface area contributed by atoms with Gasteiger partial charge in [-0.3, -0.25) is 4.98 Å². The molecule has 1 N–H and O–H groups in total. The van der Waals surface area contributed by atoms with Crippen molar-refractivity contribution >= 4 is 0 Å². The number of halogens is 1. The molecule has 3 heteroatoms. The first-order chi connectivity index (χ1) is 8.66. The number of nitrogens with zero attached hydrogens (tertiary/aromatic N) is 1. The molecule has 1 heterocycles. The Labute approximate surface area is 107 Å². The highest BCUT2D eigenvalue weighted by atomic mass is 19.1. The van der Waals surface area contributed by atoms with Crippen molar-refractivity contribution in [2.45, 2.75) is 26.4 Å². The van der Waals surface area contributed by atoms with Crippen LogP contribution in [0.3, 0.4) is 0 Å². The van der Waals surface area contributed by atoms with Gasteiger partial charge in [0.1, 0.15) is 5.82 Å². The topological polar surface area (TPSA) is 24.9 Å². The number of aromatic nitrogens is 1. The van der Waals surface area contributed by atoms with Crippen LogP contribution in [0.5, 0.6) is 0 Å². The predicted molar refractivity (Wildman–Crippen MR) is 70.6 cm³/mol. The minimum Gasteiger partial charge on any atom is -0.305 e. The molecule has 1 aromatic carbocycles. The molecule has 2 rings (SSSR count). The maximum atomic E-state index is 13.1. The summed E-state index contributed by atoms with van der Waals surface area (Å²) in [5, 5.41) is 3.38. The summed E-state index contributed by atoms with van der Waals surface area (Å²) in [6, 6.07) is 11.2. The number of rotatable bonds is 4. The quantitative estimate of drug-likeness (QED) is 0.891. The second-order valence-electron chi connectivity index (χ2n) is 4.44. The van der Waals surface area contributed by atoms with Crippen molar-refractivity contribution in [1.82, 2.24) is 10.3 Å². The maximum absolute atomic E-state index is 13.1. The van der Waals surface area contributed by atoms with E-state index >= 15 is 0 Å². The smallest absolute Gasteiger partial charge is 0.126 e. The number of aryl methyl sites for hydroxylation is 1. The van der Waals surface area contributed by atoms with Gasteiger partial charge in [0.2, 0.25) is 0 Å². The first-order valence-corrected chi connectivity index (χ1v) is 6.06. The largest absolute Gasteiger partial charge is 0.305 e. The Balaban J connectivity index is 1.97. The van der Waals surface area contributed by atoms with Gasteiger partial charge in [-0.25, -0.2) is 4.39 Å². The molecule has 18 heavy (non-hydrogen) atoms. The fraction of sp³-hybridized carbons (Fsp3) is 0.267. The molecule has 0 saturated heterocycles. The fourth-order valence-electron chi connectivity index (χ4n) is 1.82. The molecule has 94 valence electrons. The van der Waals surface area contributed by atoms with Gasteiger partial charge in [-0.05, 0) is 43.2 Å². The molecule has 2 nitrogen and oxygen atoms in total. The second kappa shape index (κ2) is 5.74. The molecular formula is C15H17FN2.